The fraction of sp³-hybridized carbons (Fsp3) is 0. The average Bonchev–Trinajstić information content (AvgIpc) is 3.85. The van der Waals surface area contributed by atoms with Crippen molar-refractivity contribution < 1.29 is 8.83 Å². The molecule has 262 valence electrons. The van der Waals surface area contributed by atoms with E-state index in [1.807, 2.05) is 78.9 Å². The summed E-state index contributed by atoms with van der Waals surface area (Å²) in [6.45, 7) is 0. The molecule has 0 fully saturated rings. The standard InChI is InChI=1S/C51H31N3O2/c1-3-12-32(13-4-1)36-16-9-17-37(30-36)33-24-26-34(27-25-33)38-28-29-44-42(31-38)48-41(20-11-23-46(48)56-44)51-53-49(35-14-5-2-6-15-35)52-50(54-51)40-19-10-22-45-47(40)39-18-7-8-21-43(39)55-45/h1-31H. The van der Waals surface area contributed by atoms with Gasteiger partial charge in [0.15, 0.2) is 17.5 Å². The molecule has 5 nitrogen and oxygen atoms in total. The molecule has 0 aliphatic rings. The molecule has 3 aromatic heterocycles. The van der Waals surface area contributed by atoms with Crippen LogP contribution in [0.4, 0.5) is 0 Å². The molecule has 0 N–H and O–H groups in total. The van der Waals surface area contributed by atoms with E-state index in [1.54, 1.807) is 0 Å². The van der Waals surface area contributed by atoms with Gasteiger partial charge in [-0.1, -0.05) is 152 Å². The van der Waals surface area contributed by atoms with Crippen molar-refractivity contribution in [3.05, 3.63) is 188 Å². The van der Waals surface area contributed by atoms with Crippen molar-refractivity contribution in [3.63, 3.8) is 0 Å². The van der Waals surface area contributed by atoms with Gasteiger partial charge in [0, 0.05) is 38.2 Å². The van der Waals surface area contributed by atoms with E-state index < -0.39 is 0 Å². The van der Waals surface area contributed by atoms with Crippen LogP contribution in [0.15, 0.2) is 197 Å². The normalized spacial score (nSPS) is 11.6. The molecule has 5 heteroatoms. The lowest BCUT2D eigenvalue weighted by Crippen LogP contribution is -2.00. The molecule has 56 heavy (non-hydrogen) atoms. The molecule has 0 amide bonds. The number of hydrogen-bond donors (Lipinski definition) is 0. The third-order valence-electron chi connectivity index (χ3n) is 10.6. The molecule has 0 saturated carbocycles. The highest BCUT2D eigenvalue weighted by Gasteiger charge is 2.20. The maximum atomic E-state index is 6.47. The van der Waals surface area contributed by atoms with E-state index in [9.17, 15) is 0 Å². The largest absolute Gasteiger partial charge is 0.456 e. The lowest BCUT2D eigenvalue weighted by molar-refractivity contribution is 0.668. The van der Waals surface area contributed by atoms with Crippen molar-refractivity contribution in [2.75, 3.05) is 0 Å². The first-order valence-electron chi connectivity index (χ1n) is 18.7. The first-order valence-corrected chi connectivity index (χ1v) is 18.7. The molecule has 3 heterocycles. The van der Waals surface area contributed by atoms with E-state index in [1.165, 1.54) is 22.3 Å². The molecule has 0 bridgehead atoms. The zero-order valence-electron chi connectivity index (χ0n) is 30.1. The van der Waals surface area contributed by atoms with Crippen LogP contribution in [-0.4, -0.2) is 15.0 Å². The van der Waals surface area contributed by atoms with Gasteiger partial charge in [0.05, 0.1) is 0 Å². The van der Waals surface area contributed by atoms with Crippen molar-refractivity contribution in [1.29, 1.82) is 0 Å². The number of hydrogen-bond acceptors (Lipinski definition) is 5. The van der Waals surface area contributed by atoms with Gasteiger partial charge in [-0.2, -0.15) is 0 Å². The fourth-order valence-electron chi connectivity index (χ4n) is 7.85. The molecule has 0 aliphatic heterocycles. The van der Waals surface area contributed by atoms with Gasteiger partial charge < -0.3 is 8.83 Å². The zero-order chi connectivity index (χ0) is 37.0. The van der Waals surface area contributed by atoms with E-state index >= 15 is 0 Å². The van der Waals surface area contributed by atoms with Crippen molar-refractivity contribution in [2.24, 2.45) is 0 Å². The number of aromatic nitrogens is 3. The SMILES string of the molecule is c1ccc(-c2cccc(-c3ccc(-c4ccc5oc6cccc(-c7nc(-c8ccccc8)nc(-c8cccc9oc%10ccccc%10c89)n7)c6c5c4)cc3)c2)cc1. The first-order chi connectivity index (χ1) is 27.7. The van der Waals surface area contributed by atoms with Crippen LogP contribution in [0.3, 0.4) is 0 Å². The number of benzene rings is 8. The molecule has 0 radical (unpaired) electrons. The third-order valence-corrected chi connectivity index (χ3v) is 10.6. The number of fused-ring (bicyclic) bond motifs is 6. The monoisotopic (exact) mass is 717 g/mol. The van der Waals surface area contributed by atoms with Gasteiger partial charge in [0.2, 0.25) is 0 Å². The Balaban J connectivity index is 1.04. The molecule has 0 atom stereocenters. The highest BCUT2D eigenvalue weighted by atomic mass is 16.3. The lowest BCUT2D eigenvalue weighted by Gasteiger charge is -2.10. The summed E-state index contributed by atoms with van der Waals surface area (Å²) >= 11 is 0. The molecule has 11 aromatic rings. The Bertz CT molecular complexity index is 3240. The van der Waals surface area contributed by atoms with Gasteiger partial charge in [-0.05, 0) is 69.8 Å². The van der Waals surface area contributed by atoms with E-state index in [2.05, 4.69) is 109 Å². The van der Waals surface area contributed by atoms with Gasteiger partial charge in [-0.25, -0.2) is 15.0 Å². The number of furan rings is 2. The summed E-state index contributed by atoms with van der Waals surface area (Å²) in [5.41, 5.74) is 12.8. The summed E-state index contributed by atoms with van der Waals surface area (Å²) in [4.78, 5) is 15.4. The summed E-state index contributed by atoms with van der Waals surface area (Å²) in [5, 5.41) is 3.96. The van der Waals surface area contributed by atoms with Crippen LogP contribution in [0.1, 0.15) is 0 Å². The maximum Gasteiger partial charge on any atom is 0.164 e. The van der Waals surface area contributed by atoms with Crippen molar-refractivity contribution in [2.45, 2.75) is 0 Å². The van der Waals surface area contributed by atoms with Crippen molar-refractivity contribution in [1.82, 2.24) is 15.0 Å². The summed E-state index contributed by atoms with van der Waals surface area (Å²) in [6.07, 6.45) is 0. The lowest BCUT2D eigenvalue weighted by atomic mass is 9.96. The van der Waals surface area contributed by atoms with Crippen LogP contribution in [-0.2, 0) is 0 Å². The molecule has 8 aromatic carbocycles. The van der Waals surface area contributed by atoms with Crippen LogP contribution in [0.25, 0.3) is 111 Å². The van der Waals surface area contributed by atoms with Crippen molar-refractivity contribution >= 4 is 43.9 Å². The number of nitrogens with zero attached hydrogens (tertiary/aromatic N) is 3. The van der Waals surface area contributed by atoms with Crippen LogP contribution in [0.5, 0.6) is 0 Å². The van der Waals surface area contributed by atoms with Crippen LogP contribution in [0, 0.1) is 0 Å². The third kappa shape index (κ3) is 5.45. The Morgan fingerprint density at radius 3 is 1.34 bits per heavy atom. The highest BCUT2D eigenvalue weighted by Crippen LogP contribution is 2.40. The van der Waals surface area contributed by atoms with Gasteiger partial charge >= 0.3 is 0 Å². The molecular formula is C51H31N3O2. The minimum absolute atomic E-state index is 0.569. The van der Waals surface area contributed by atoms with E-state index in [-0.39, 0.29) is 0 Å². The number of para-hydroxylation sites is 1. The average molecular weight is 718 g/mol. The molecule has 0 spiro atoms. The second-order valence-electron chi connectivity index (χ2n) is 14.0. The van der Waals surface area contributed by atoms with Crippen LogP contribution in [0.2, 0.25) is 0 Å². The minimum Gasteiger partial charge on any atom is -0.456 e. The summed E-state index contributed by atoms with van der Waals surface area (Å²) in [5.74, 6) is 1.74. The van der Waals surface area contributed by atoms with E-state index in [4.69, 9.17) is 23.8 Å². The summed E-state index contributed by atoms with van der Waals surface area (Å²) < 4.78 is 12.7. The van der Waals surface area contributed by atoms with E-state index in [0.717, 1.165) is 71.7 Å². The smallest absolute Gasteiger partial charge is 0.164 e. The predicted octanol–water partition coefficient (Wildman–Crippen LogP) is 13.7. The Kier molecular flexibility index (Phi) is 7.42. The molecule has 0 saturated heterocycles. The Hall–Kier alpha value is -7.63. The zero-order valence-corrected chi connectivity index (χ0v) is 30.1. The second kappa shape index (κ2) is 13.0. The summed E-state index contributed by atoms with van der Waals surface area (Å²) in [7, 11) is 0. The quantitative estimate of drug-likeness (QED) is 0.171. The van der Waals surface area contributed by atoms with Crippen LogP contribution >= 0.6 is 0 Å². The van der Waals surface area contributed by atoms with Gasteiger partial charge in [0.1, 0.15) is 22.3 Å². The Labute approximate surface area is 322 Å². The van der Waals surface area contributed by atoms with Crippen LogP contribution < -0.4 is 0 Å². The first kappa shape index (κ1) is 31.9. The molecule has 0 unspecified atom stereocenters. The summed E-state index contributed by atoms with van der Waals surface area (Å²) in [6, 6.07) is 64.7. The van der Waals surface area contributed by atoms with Gasteiger partial charge in [0.25, 0.3) is 0 Å². The molecule has 0 aliphatic carbocycles. The fourth-order valence-corrected chi connectivity index (χ4v) is 7.85. The van der Waals surface area contributed by atoms with Gasteiger partial charge in [-0.3, -0.25) is 0 Å². The van der Waals surface area contributed by atoms with Gasteiger partial charge in [-0.15, -0.1) is 0 Å². The highest BCUT2D eigenvalue weighted by molar-refractivity contribution is 6.14. The second-order valence-corrected chi connectivity index (χ2v) is 14.0. The topological polar surface area (TPSA) is 65.0 Å². The Morgan fingerprint density at radius 2 is 0.696 bits per heavy atom. The Morgan fingerprint density at radius 1 is 0.268 bits per heavy atom. The predicted molar refractivity (Wildman–Crippen MR) is 227 cm³/mol. The minimum atomic E-state index is 0.569. The number of rotatable bonds is 6. The maximum absolute atomic E-state index is 6.47. The molecular weight excluding hydrogens is 687 g/mol. The molecule has 11 rings (SSSR count). The van der Waals surface area contributed by atoms with E-state index in [0.29, 0.717) is 17.5 Å². The van der Waals surface area contributed by atoms with Crippen molar-refractivity contribution in [3.8, 4) is 67.5 Å².